The lowest BCUT2D eigenvalue weighted by atomic mass is 9.98. The Hall–Kier alpha value is -1.11. The third-order valence-electron chi connectivity index (χ3n) is 11.5. The van der Waals surface area contributed by atoms with Gasteiger partial charge in [0, 0.05) is 12.8 Å². The van der Waals surface area contributed by atoms with Gasteiger partial charge >= 0.3 is 11.9 Å². The van der Waals surface area contributed by atoms with Crippen molar-refractivity contribution in [2.24, 2.45) is 0 Å². The van der Waals surface area contributed by atoms with E-state index in [0.717, 1.165) is 64.2 Å². The number of hydroxylamine groups is 2. The highest BCUT2D eigenvalue weighted by atomic mass is 31.2. The number of unbranched alkanes of at least 4 members (excludes halogenated alkanes) is 23. The molecule has 13 heteroatoms. The van der Waals surface area contributed by atoms with Gasteiger partial charge in [0.1, 0.15) is 25.5 Å². The maximum Gasteiger partial charge on any atom is 0.306 e. The van der Waals surface area contributed by atoms with Gasteiger partial charge in [-0.05, 0) is 46.0 Å². The summed E-state index contributed by atoms with van der Waals surface area (Å²) in [5, 5.41) is 12.1. The van der Waals surface area contributed by atoms with Gasteiger partial charge in [-0.3, -0.25) is 14.2 Å². The molecule has 0 aromatic heterocycles. The molecular weight excluding hydrogens is 771 g/mol. The number of phosphoric acid groups is 1. The van der Waals surface area contributed by atoms with Crippen molar-refractivity contribution in [3.63, 3.8) is 0 Å². The molecule has 1 saturated heterocycles. The highest BCUT2D eigenvalue weighted by molar-refractivity contribution is 7.45. The van der Waals surface area contributed by atoms with Crippen LogP contribution in [-0.2, 0) is 37.4 Å². The molecule has 0 aromatic rings. The second-order valence-electron chi connectivity index (χ2n) is 18.8. The van der Waals surface area contributed by atoms with Gasteiger partial charge in [0.2, 0.25) is 0 Å². The molecule has 0 amide bonds. The minimum atomic E-state index is -4.64. The van der Waals surface area contributed by atoms with E-state index >= 15 is 0 Å². The lowest BCUT2D eigenvalue weighted by Gasteiger charge is -2.36. The average Bonchev–Trinajstić information content (AvgIpc) is 3.41. The summed E-state index contributed by atoms with van der Waals surface area (Å²) < 4.78 is 40.0. The predicted octanol–water partition coefficient (Wildman–Crippen LogP) is 11.2. The van der Waals surface area contributed by atoms with Crippen LogP contribution in [0.2, 0.25) is 0 Å². The van der Waals surface area contributed by atoms with Gasteiger partial charge in [0.05, 0.1) is 39.9 Å². The standard InChI is InChI=1S/C46H91N2O10P/c1-8-10-11-12-13-14-15-16-19-22-25-28-31-34-43(49)54-39-42(40-57-59(52,53)56-38-37-48(5,6)7)58-44(50)35-32-29-26-23-20-17-18-21-24-27-30-33-36-46(9-2)47(51)45(3,4)41-55-46/h42,51H,8-41H2,1-7H3. The first-order chi connectivity index (χ1) is 28.1. The lowest BCUT2D eigenvalue weighted by molar-refractivity contribution is -0.870. The zero-order valence-electron chi connectivity index (χ0n) is 39.1. The number of ether oxygens (including phenoxy) is 3. The van der Waals surface area contributed by atoms with E-state index in [1.54, 1.807) is 0 Å². The van der Waals surface area contributed by atoms with E-state index in [1.807, 2.05) is 35.0 Å². The third-order valence-corrected chi connectivity index (χ3v) is 12.5. The maximum atomic E-state index is 12.7. The molecule has 1 N–H and O–H groups in total. The largest absolute Gasteiger partial charge is 0.756 e. The highest BCUT2D eigenvalue weighted by Crippen LogP contribution is 2.39. The number of quaternary nitrogens is 1. The fraction of sp³-hybridized carbons (Fsp3) is 0.957. The number of hydrogen-bond donors (Lipinski definition) is 1. The van der Waals surface area contributed by atoms with Gasteiger partial charge in [-0.25, -0.2) is 0 Å². The molecule has 1 heterocycles. The topological polar surface area (TPSA) is 144 Å². The molecule has 0 aromatic carbocycles. The van der Waals surface area contributed by atoms with E-state index in [2.05, 4.69) is 13.8 Å². The molecule has 59 heavy (non-hydrogen) atoms. The first kappa shape index (κ1) is 55.9. The van der Waals surface area contributed by atoms with E-state index in [1.165, 1.54) is 108 Å². The summed E-state index contributed by atoms with van der Waals surface area (Å²) in [6.07, 6.45) is 30.2. The van der Waals surface area contributed by atoms with Crippen molar-refractivity contribution in [3.8, 4) is 0 Å². The lowest BCUT2D eigenvalue weighted by Crippen LogP contribution is -2.49. The Morgan fingerprint density at radius 3 is 1.56 bits per heavy atom. The van der Waals surface area contributed by atoms with Crippen LogP contribution in [0.1, 0.15) is 214 Å². The van der Waals surface area contributed by atoms with Crippen molar-refractivity contribution in [1.82, 2.24) is 5.06 Å². The first-order valence-corrected chi connectivity index (χ1v) is 25.4. The van der Waals surface area contributed by atoms with Gasteiger partial charge in [-0.15, -0.1) is 0 Å². The quantitative estimate of drug-likeness (QED) is 0.0272. The second kappa shape index (κ2) is 32.5. The van der Waals surface area contributed by atoms with Crippen LogP contribution < -0.4 is 4.89 Å². The molecule has 0 spiro atoms. The third kappa shape index (κ3) is 29.0. The summed E-state index contributed by atoms with van der Waals surface area (Å²) in [6.45, 7) is 8.61. The zero-order chi connectivity index (χ0) is 43.9. The Bertz CT molecular complexity index is 1120. The summed E-state index contributed by atoms with van der Waals surface area (Å²) in [4.78, 5) is 37.6. The number of phosphoric ester groups is 1. The fourth-order valence-electron chi connectivity index (χ4n) is 7.57. The fourth-order valence-corrected chi connectivity index (χ4v) is 8.30. The molecule has 0 radical (unpaired) electrons. The molecule has 0 saturated carbocycles. The number of rotatable bonds is 40. The molecular formula is C46H91N2O10P. The summed E-state index contributed by atoms with van der Waals surface area (Å²) in [5.41, 5.74) is -0.864. The van der Waals surface area contributed by atoms with Crippen molar-refractivity contribution in [1.29, 1.82) is 0 Å². The molecule has 3 unspecified atom stereocenters. The number of esters is 2. The van der Waals surface area contributed by atoms with Crippen molar-refractivity contribution < 1.29 is 52.0 Å². The molecule has 1 aliphatic rings. The van der Waals surface area contributed by atoms with Crippen LogP contribution in [0.25, 0.3) is 0 Å². The predicted molar refractivity (Wildman–Crippen MR) is 235 cm³/mol. The van der Waals surface area contributed by atoms with Crippen LogP contribution >= 0.6 is 7.82 Å². The molecule has 350 valence electrons. The molecule has 1 aliphatic heterocycles. The van der Waals surface area contributed by atoms with E-state index in [0.29, 0.717) is 24.1 Å². The number of carbonyl (C=O) groups excluding carboxylic acids is 2. The van der Waals surface area contributed by atoms with Crippen molar-refractivity contribution in [2.45, 2.75) is 231 Å². The summed E-state index contributed by atoms with van der Waals surface area (Å²) in [7, 11) is 1.14. The minimum absolute atomic E-state index is 0.0379. The normalized spacial score (nSPS) is 18.5. The number of likely N-dealkylation sites (N-methyl/N-ethyl adjacent to an activating group) is 1. The van der Waals surface area contributed by atoms with Gasteiger partial charge < -0.3 is 37.8 Å². The van der Waals surface area contributed by atoms with Crippen LogP contribution in [0.4, 0.5) is 0 Å². The van der Waals surface area contributed by atoms with Gasteiger partial charge in [-0.2, -0.15) is 5.06 Å². The van der Waals surface area contributed by atoms with Crippen LogP contribution in [0.3, 0.4) is 0 Å². The average molecular weight is 863 g/mol. The Kier molecular flexibility index (Phi) is 30.8. The van der Waals surface area contributed by atoms with E-state index in [9.17, 15) is 24.3 Å². The summed E-state index contributed by atoms with van der Waals surface area (Å²) in [5.74, 6) is -0.853. The molecule has 0 bridgehead atoms. The van der Waals surface area contributed by atoms with Crippen LogP contribution in [-0.4, -0.2) is 98.2 Å². The monoisotopic (exact) mass is 863 g/mol. The van der Waals surface area contributed by atoms with Gasteiger partial charge in [0.25, 0.3) is 7.82 Å². The molecule has 1 rings (SSSR count). The number of carbonyl (C=O) groups is 2. The van der Waals surface area contributed by atoms with Gasteiger partial charge in [-0.1, -0.05) is 155 Å². The maximum absolute atomic E-state index is 12.7. The van der Waals surface area contributed by atoms with Gasteiger partial charge in [0.15, 0.2) is 6.10 Å². The minimum Gasteiger partial charge on any atom is -0.756 e. The Balaban J connectivity index is 2.26. The molecule has 3 atom stereocenters. The van der Waals surface area contributed by atoms with E-state index in [4.69, 9.17) is 23.3 Å². The van der Waals surface area contributed by atoms with Crippen LogP contribution in [0.5, 0.6) is 0 Å². The Morgan fingerprint density at radius 1 is 0.695 bits per heavy atom. The Morgan fingerprint density at radius 2 is 1.14 bits per heavy atom. The number of hydrogen-bond acceptors (Lipinski definition) is 11. The first-order valence-electron chi connectivity index (χ1n) is 23.9. The molecule has 0 aliphatic carbocycles. The van der Waals surface area contributed by atoms with E-state index < -0.39 is 38.2 Å². The van der Waals surface area contributed by atoms with E-state index in [-0.39, 0.29) is 31.6 Å². The SMILES string of the molecule is CCCCCCCCCCCCCCCC(=O)OCC(COP(=O)([O-])OCC[N+](C)(C)C)OC(=O)CCCCCCCCCCCCCCC1(CC)OCC(C)(C)N1O. The second-order valence-corrected chi connectivity index (χ2v) is 20.2. The highest BCUT2D eigenvalue weighted by Gasteiger charge is 2.50. The summed E-state index contributed by atoms with van der Waals surface area (Å²) >= 11 is 0. The van der Waals surface area contributed by atoms with Crippen LogP contribution in [0.15, 0.2) is 0 Å². The molecule has 1 fully saturated rings. The zero-order valence-corrected chi connectivity index (χ0v) is 40.0. The smallest absolute Gasteiger partial charge is 0.306 e. The number of nitrogens with zero attached hydrogens (tertiary/aromatic N) is 2. The van der Waals surface area contributed by atoms with Crippen molar-refractivity contribution in [2.75, 3.05) is 54.1 Å². The summed E-state index contributed by atoms with van der Waals surface area (Å²) in [6, 6.07) is 0. The van der Waals surface area contributed by atoms with Crippen molar-refractivity contribution in [3.05, 3.63) is 0 Å². The van der Waals surface area contributed by atoms with Crippen molar-refractivity contribution >= 4 is 19.8 Å². The molecule has 12 nitrogen and oxygen atoms in total. The van der Waals surface area contributed by atoms with Crippen LogP contribution in [0, 0.1) is 0 Å². The Labute approximate surface area is 361 Å².